The van der Waals surface area contributed by atoms with Crippen molar-refractivity contribution < 1.29 is 5.11 Å². The second kappa shape index (κ2) is 7.97. The Labute approximate surface area is 157 Å². The van der Waals surface area contributed by atoms with Crippen LogP contribution in [-0.4, -0.2) is 39.3 Å². The number of anilines is 1. The van der Waals surface area contributed by atoms with Gasteiger partial charge in [-0.05, 0) is 68.0 Å². The monoisotopic (exact) mass is 367 g/mol. The van der Waals surface area contributed by atoms with Crippen molar-refractivity contribution in [3.63, 3.8) is 0 Å². The number of aromatic nitrogens is 3. The van der Waals surface area contributed by atoms with Gasteiger partial charge >= 0.3 is 0 Å². The lowest BCUT2D eigenvalue weighted by molar-refractivity contribution is 0.475. The summed E-state index contributed by atoms with van der Waals surface area (Å²) in [5.41, 5.74) is 2.86. The molecule has 2 N–H and O–H groups in total. The van der Waals surface area contributed by atoms with Crippen molar-refractivity contribution in [2.24, 2.45) is 5.10 Å². The van der Waals surface area contributed by atoms with E-state index in [0.29, 0.717) is 10.6 Å². The van der Waals surface area contributed by atoms with Crippen molar-refractivity contribution in [1.29, 1.82) is 0 Å². The molecule has 0 fully saturated rings. The molecule has 0 aliphatic carbocycles. The maximum atomic E-state index is 9.56. The molecule has 7 heteroatoms. The summed E-state index contributed by atoms with van der Waals surface area (Å²) in [4.78, 5) is 2.28. The van der Waals surface area contributed by atoms with Gasteiger partial charge in [-0.1, -0.05) is 12.1 Å². The normalized spacial score (nSPS) is 11.2. The lowest BCUT2D eigenvalue weighted by atomic mass is 10.2. The molecule has 0 bridgehead atoms. The molecule has 0 unspecified atom stereocenters. The molecule has 26 heavy (non-hydrogen) atoms. The summed E-state index contributed by atoms with van der Waals surface area (Å²) < 4.78 is 1.98. The van der Waals surface area contributed by atoms with Gasteiger partial charge in [-0.3, -0.25) is 0 Å². The number of aromatic hydroxyl groups is 1. The van der Waals surface area contributed by atoms with Crippen LogP contribution in [0.5, 0.6) is 5.75 Å². The van der Waals surface area contributed by atoms with Crippen molar-refractivity contribution in [2.45, 2.75) is 13.8 Å². The number of aromatic amines is 1. The molecule has 1 aromatic heterocycles. The molecule has 0 saturated carbocycles. The number of hydrogen-bond acceptors (Lipinski definition) is 5. The molecule has 0 spiro atoms. The zero-order valence-corrected chi connectivity index (χ0v) is 15.6. The molecule has 0 saturated heterocycles. The van der Waals surface area contributed by atoms with E-state index in [1.807, 2.05) is 18.2 Å². The number of phenolic OH excluding ortho intramolecular Hbond substituents is 1. The Balaban J connectivity index is 1.91. The zero-order valence-electron chi connectivity index (χ0n) is 14.8. The van der Waals surface area contributed by atoms with Gasteiger partial charge in [0.15, 0.2) is 5.82 Å². The zero-order chi connectivity index (χ0) is 18.5. The second-order valence-corrected chi connectivity index (χ2v) is 6.11. The van der Waals surface area contributed by atoms with Gasteiger partial charge in [0, 0.05) is 24.3 Å². The summed E-state index contributed by atoms with van der Waals surface area (Å²) in [7, 11) is 0. The molecule has 3 aromatic rings. The van der Waals surface area contributed by atoms with E-state index in [9.17, 15) is 5.11 Å². The van der Waals surface area contributed by atoms with Crippen LogP contribution in [0.3, 0.4) is 0 Å². The molecule has 0 amide bonds. The Kier molecular flexibility index (Phi) is 5.48. The number of rotatable bonds is 6. The van der Waals surface area contributed by atoms with Crippen LogP contribution in [0.1, 0.15) is 19.4 Å². The van der Waals surface area contributed by atoms with Gasteiger partial charge in [-0.15, -0.1) is 0 Å². The molecular formula is C19H21N5OS. The topological polar surface area (TPSA) is 69.4 Å². The fourth-order valence-electron chi connectivity index (χ4n) is 2.73. The number of phenols is 1. The summed E-state index contributed by atoms with van der Waals surface area (Å²) in [5, 5.41) is 21.1. The van der Waals surface area contributed by atoms with Gasteiger partial charge in [0.2, 0.25) is 4.77 Å². The number of hydrogen-bond donors (Lipinski definition) is 2. The predicted octanol–water partition coefficient (Wildman–Crippen LogP) is 4.04. The minimum atomic E-state index is 0.192. The molecular weight excluding hydrogens is 346 g/mol. The van der Waals surface area contributed by atoms with Crippen LogP contribution in [0.2, 0.25) is 0 Å². The third-order valence-corrected chi connectivity index (χ3v) is 4.36. The highest BCUT2D eigenvalue weighted by molar-refractivity contribution is 7.71. The van der Waals surface area contributed by atoms with E-state index in [2.05, 4.69) is 46.2 Å². The first-order chi connectivity index (χ1) is 12.6. The van der Waals surface area contributed by atoms with Crippen LogP contribution in [0.25, 0.3) is 11.4 Å². The minimum absolute atomic E-state index is 0.192. The quantitative estimate of drug-likeness (QED) is 0.509. The Morgan fingerprint density at radius 1 is 1.19 bits per heavy atom. The molecule has 134 valence electrons. The van der Waals surface area contributed by atoms with Gasteiger partial charge in [0.1, 0.15) is 5.75 Å². The first kappa shape index (κ1) is 17.9. The number of H-pyrrole nitrogens is 1. The van der Waals surface area contributed by atoms with E-state index >= 15 is 0 Å². The van der Waals surface area contributed by atoms with E-state index in [1.54, 1.807) is 29.1 Å². The van der Waals surface area contributed by atoms with Crippen LogP contribution in [0.15, 0.2) is 53.6 Å². The van der Waals surface area contributed by atoms with Gasteiger partial charge < -0.3 is 10.0 Å². The third-order valence-electron chi connectivity index (χ3n) is 4.10. The lowest BCUT2D eigenvalue weighted by Gasteiger charge is -2.20. The summed E-state index contributed by atoms with van der Waals surface area (Å²) >= 11 is 5.29. The average Bonchev–Trinajstić information content (AvgIpc) is 3.02. The molecule has 2 aromatic carbocycles. The minimum Gasteiger partial charge on any atom is -0.508 e. The van der Waals surface area contributed by atoms with E-state index in [-0.39, 0.29) is 5.75 Å². The predicted molar refractivity (Wildman–Crippen MR) is 108 cm³/mol. The molecule has 0 radical (unpaired) electrons. The van der Waals surface area contributed by atoms with E-state index < -0.39 is 0 Å². The smallest absolute Gasteiger partial charge is 0.216 e. The molecule has 0 atom stereocenters. The molecule has 0 aliphatic rings. The molecule has 0 aliphatic heterocycles. The fraction of sp³-hybridized carbons (Fsp3) is 0.211. The molecule has 1 heterocycles. The summed E-state index contributed by atoms with van der Waals surface area (Å²) in [6, 6.07) is 15.0. The van der Waals surface area contributed by atoms with Gasteiger partial charge in [0.05, 0.1) is 6.21 Å². The second-order valence-electron chi connectivity index (χ2n) is 5.72. The molecule has 3 rings (SSSR count). The third kappa shape index (κ3) is 3.83. The van der Waals surface area contributed by atoms with Crippen molar-refractivity contribution in [2.75, 3.05) is 18.0 Å². The highest BCUT2D eigenvalue weighted by Gasteiger charge is 2.09. The number of nitrogens with zero attached hydrogens (tertiary/aromatic N) is 4. The molecule has 6 nitrogen and oxygen atoms in total. The summed E-state index contributed by atoms with van der Waals surface area (Å²) in [5.74, 6) is 0.828. The number of benzene rings is 2. The van der Waals surface area contributed by atoms with Crippen molar-refractivity contribution in [3.8, 4) is 17.1 Å². The first-order valence-electron chi connectivity index (χ1n) is 8.48. The van der Waals surface area contributed by atoms with Crippen molar-refractivity contribution in [3.05, 3.63) is 58.9 Å². The van der Waals surface area contributed by atoms with E-state index in [4.69, 9.17) is 12.2 Å². The average molecular weight is 367 g/mol. The summed E-state index contributed by atoms with van der Waals surface area (Å²) in [6.45, 7) is 6.20. The SMILES string of the molecule is CCN(CC)c1ccc(-c2n[nH]c(=S)n2N=Cc2cccc(O)c2)cc1. The van der Waals surface area contributed by atoms with Crippen LogP contribution in [0, 0.1) is 4.77 Å². The lowest BCUT2D eigenvalue weighted by Crippen LogP contribution is -2.21. The highest BCUT2D eigenvalue weighted by atomic mass is 32.1. The van der Waals surface area contributed by atoms with E-state index in [1.165, 1.54) is 5.69 Å². The van der Waals surface area contributed by atoms with Crippen LogP contribution < -0.4 is 4.90 Å². The maximum absolute atomic E-state index is 9.56. The van der Waals surface area contributed by atoms with Gasteiger partial charge in [-0.2, -0.15) is 14.9 Å². The van der Waals surface area contributed by atoms with Crippen molar-refractivity contribution >= 4 is 24.1 Å². The largest absolute Gasteiger partial charge is 0.508 e. The van der Waals surface area contributed by atoms with Crippen LogP contribution in [-0.2, 0) is 0 Å². The van der Waals surface area contributed by atoms with E-state index in [0.717, 1.165) is 24.2 Å². The Bertz CT molecular complexity index is 955. The Morgan fingerprint density at radius 3 is 2.58 bits per heavy atom. The maximum Gasteiger partial charge on any atom is 0.216 e. The standard InChI is InChI=1S/C19H21N5OS/c1-3-23(4-2)16-10-8-15(9-11-16)18-21-22-19(26)24(18)20-13-14-6-5-7-17(25)12-14/h5-13,25H,3-4H2,1-2H3,(H,22,26). The van der Waals surface area contributed by atoms with Crippen LogP contribution >= 0.6 is 12.2 Å². The van der Waals surface area contributed by atoms with Crippen LogP contribution in [0.4, 0.5) is 5.69 Å². The van der Waals surface area contributed by atoms with Gasteiger partial charge in [0.25, 0.3) is 0 Å². The first-order valence-corrected chi connectivity index (χ1v) is 8.89. The van der Waals surface area contributed by atoms with Crippen molar-refractivity contribution in [1.82, 2.24) is 14.9 Å². The Hall–Kier alpha value is -2.93. The Morgan fingerprint density at radius 2 is 1.92 bits per heavy atom. The highest BCUT2D eigenvalue weighted by Crippen LogP contribution is 2.22. The van der Waals surface area contributed by atoms with Gasteiger partial charge in [-0.25, -0.2) is 5.10 Å². The fourth-order valence-corrected chi connectivity index (χ4v) is 2.90. The number of nitrogens with one attached hydrogen (secondary N) is 1. The summed E-state index contributed by atoms with van der Waals surface area (Å²) in [6.07, 6.45) is 1.64.